The van der Waals surface area contributed by atoms with Crippen LogP contribution in [0.1, 0.15) is 51.1 Å². The van der Waals surface area contributed by atoms with Crippen LogP contribution in [0.15, 0.2) is 42.9 Å². The number of hydrogen-bond acceptors (Lipinski definition) is 7. The molecule has 0 radical (unpaired) electrons. The number of aromatic nitrogens is 5. The zero-order chi connectivity index (χ0) is 30.7. The molecule has 0 saturated heterocycles. The van der Waals surface area contributed by atoms with Crippen LogP contribution in [0.5, 0.6) is 5.75 Å². The fourth-order valence-corrected chi connectivity index (χ4v) is 5.10. The molecule has 0 aliphatic carbocycles. The Hall–Kier alpha value is -4.30. The Balaban J connectivity index is 1.36. The van der Waals surface area contributed by atoms with Crippen molar-refractivity contribution in [3.63, 3.8) is 0 Å². The topological polar surface area (TPSA) is 99.3 Å². The van der Waals surface area contributed by atoms with Gasteiger partial charge in [0.15, 0.2) is 11.6 Å². The van der Waals surface area contributed by atoms with Crippen LogP contribution in [0.3, 0.4) is 0 Å². The van der Waals surface area contributed by atoms with Crippen LogP contribution in [0.2, 0.25) is 0 Å². The number of nitrogens with one attached hydrogen (secondary N) is 1. The maximum Gasteiger partial charge on any atom is 0.453 e. The molecule has 0 bridgehead atoms. The van der Waals surface area contributed by atoms with Gasteiger partial charge in [-0.15, -0.1) is 5.10 Å². The monoisotopic (exact) mass is 601 g/mol. The van der Waals surface area contributed by atoms with E-state index >= 15 is 4.39 Å². The van der Waals surface area contributed by atoms with Crippen molar-refractivity contribution in [1.29, 1.82) is 0 Å². The minimum atomic E-state index is -4.78. The Morgan fingerprint density at radius 3 is 2.63 bits per heavy atom. The highest BCUT2D eigenvalue weighted by Crippen LogP contribution is 2.29. The van der Waals surface area contributed by atoms with Gasteiger partial charge < -0.3 is 14.8 Å². The van der Waals surface area contributed by atoms with Gasteiger partial charge >= 0.3 is 6.18 Å². The number of nitrogens with zero attached hydrogens (tertiary/aromatic N) is 6. The molecule has 0 atom stereocenters. The molecular formula is C29H31F4N7O3. The van der Waals surface area contributed by atoms with Crippen molar-refractivity contribution < 1.29 is 31.8 Å². The minimum absolute atomic E-state index is 0.0381. The van der Waals surface area contributed by atoms with Crippen molar-refractivity contribution >= 4 is 5.91 Å². The summed E-state index contributed by atoms with van der Waals surface area (Å²) < 4.78 is 67.3. The van der Waals surface area contributed by atoms with Crippen LogP contribution in [0.25, 0.3) is 5.69 Å². The van der Waals surface area contributed by atoms with Gasteiger partial charge in [-0.25, -0.2) is 14.1 Å². The largest absolute Gasteiger partial charge is 0.494 e. The first-order valence-corrected chi connectivity index (χ1v) is 13.6. The van der Waals surface area contributed by atoms with Gasteiger partial charge in [-0.3, -0.25) is 14.4 Å². The predicted octanol–water partition coefficient (Wildman–Crippen LogP) is 4.13. The highest BCUT2D eigenvalue weighted by molar-refractivity contribution is 5.95. The molecule has 228 valence electrons. The molecule has 43 heavy (non-hydrogen) atoms. The van der Waals surface area contributed by atoms with Crippen molar-refractivity contribution in [3.8, 4) is 11.4 Å². The van der Waals surface area contributed by atoms with E-state index in [1.165, 1.54) is 37.5 Å². The van der Waals surface area contributed by atoms with Gasteiger partial charge in [0.25, 0.3) is 11.7 Å². The Kier molecular flexibility index (Phi) is 8.78. The molecule has 2 aromatic carbocycles. The number of rotatable bonds is 10. The summed E-state index contributed by atoms with van der Waals surface area (Å²) in [7, 11) is 2.74. The number of carbonyl (C=O) groups excluding carboxylic acids is 1. The van der Waals surface area contributed by atoms with Crippen LogP contribution in [0, 0.1) is 5.82 Å². The van der Waals surface area contributed by atoms with Crippen molar-refractivity contribution in [2.75, 3.05) is 27.3 Å². The molecule has 1 aliphatic heterocycles. The van der Waals surface area contributed by atoms with Gasteiger partial charge in [-0.2, -0.15) is 18.3 Å². The summed E-state index contributed by atoms with van der Waals surface area (Å²) in [5.74, 6) is -2.94. The molecule has 2 aromatic heterocycles. The number of hydrogen-bond donors (Lipinski definition) is 1. The van der Waals surface area contributed by atoms with E-state index in [-0.39, 0.29) is 35.7 Å². The third-order valence-electron chi connectivity index (χ3n) is 7.34. The van der Waals surface area contributed by atoms with Crippen molar-refractivity contribution in [2.24, 2.45) is 0 Å². The fraction of sp³-hybridized carbons (Fsp3) is 0.379. The lowest BCUT2D eigenvalue weighted by Crippen LogP contribution is -2.30. The summed E-state index contributed by atoms with van der Waals surface area (Å²) in [6, 6.07) is 8.95. The van der Waals surface area contributed by atoms with E-state index in [0.29, 0.717) is 12.2 Å². The summed E-state index contributed by atoms with van der Waals surface area (Å²) in [6.45, 7) is 5.20. The van der Waals surface area contributed by atoms with Crippen LogP contribution in [-0.2, 0) is 43.6 Å². The summed E-state index contributed by atoms with van der Waals surface area (Å²) in [5.41, 5.74) is 4.08. The molecule has 5 rings (SSSR count). The van der Waals surface area contributed by atoms with E-state index in [0.717, 1.165) is 42.6 Å². The third-order valence-corrected chi connectivity index (χ3v) is 7.34. The number of alkyl halides is 3. The number of likely N-dealkylation sites (N-methyl/N-ethyl adjacent to an activating group) is 1. The van der Waals surface area contributed by atoms with Gasteiger partial charge in [-0.1, -0.05) is 25.1 Å². The normalized spacial score (nSPS) is 13.7. The van der Waals surface area contributed by atoms with E-state index in [1.54, 1.807) is 10.9 Å². The quantitative estimate of drug-likeness (QED) is 0.273. The number of fused-ring (bicyclic) bond motifs is 1. The summed E-state index contributed by atoms with van der Waals surface area (Å²) in [4.78, 5) is 19.0. The molecule has 1 amide bonds. The molecule has 0 fully saturated rings. The smallest absolute Gasteiger partial charge is 0.453 e. The summed E-state index contributed by atoms with van der Waals surface area (Å²) in [5, 5.41) is 10.6. The first-order valence-electron chi connectivity index (χ1n) is 13.6. The average Bonchev–Trinajstić information content (AvgIpc) is 3.64. The lowest BCUT2D eigenvalue weighted by molar-refractivity contribution is -0.144. The number of ether oxygens (including phenoxy) is 2. The first kappa shape index (κ1) is 30.2. The van der Waals surface area contributed by atoms with Crippen molar-refractivity contribution in [2.45, 2.75) is 45.8 Å². The van der Waals surface area contributed by atoms with Crippen molar-refractivity contribution in [1.82, 2.24) is 34.8 Å². The second-order valence-corrected chi connectivity index (χ2v) is 10.1. The third kappa shape index (κ3) is 6.54. The highest BCUT2D eigenvalue weighted by atomic mass is 19.4. The van der Waals surface area contributed by atoms with E-state index in [9.17, 15) is 18.0 Å². The van der Waals surface area contributed by atoms with Gasteiger partial charge in [0, 0.05) is 38.5 Å². The zero-order valence-corrected chi connectivity index (χ0v) is 23.9. The molecule has 0 spiro atoms. The molecule has 3 heterocycles. The van der Waals surface area contributed by atoms with Gasteiger partial charge in [0.2, 0.25) is 0 Å². The van der Waals surface area contributed by atoms with Crippen LogP contribution >= 0.6 is 0 Å². The van der Waals surface area contributed by atoms with Crippen molar-refractivity contribution in [3.05, 3.63) is 88.0 Å². The molecule has 10 nitrogen and oxygen atoms in total. The zero-order valence-electron chi connectivity index (χ0n) is 23.9. The van der Waals surface area contributed by atoms with Crippen LogP contribution in [-0.4, -0.2) is 62.7 Å². The van der Waals surface area contributed by atoms with E-state index in [2.05, 4.69) is 50.5 Å². The first-order chi connectivity index (χ1) is 20.6. The SMILES string of the molecule is CCN1CCc2cc(Cn3cc(C(=O)NCc4c(-n5cnc(C(F)(F)F)n5)ccc(OC)c4F)c(COC)n3)ccc2C1. The van der Waals surface area contributed by atoms with Gasteiger partial charge in [-0.05, 0) is 41.8 Å². The van der Waals surface area contributed by atoms with Gasteiger partial charge in [0.05, 0.1) is 31.5 Å². The number of amides is 1. The lowest BCUT2D eigenvalue weighted by Gasteiger charge is -2.27. The standard InChI is InChI=1S/C29H31F4N7O3/c1-4-38-10-9-19-11-18(5-6-20(19)14-38)13-39-15-22(23(36-39)16-42-2)27(41)34-12-21-24(7-8-25(43-3)26(21)30)40-17-35-28(37-40)29(31,32)33/h5-8,11,15,17H,4,9-10,12-14,16H2,1-3H3,(H,34,41). The summed E-state index contributed by atoms with van der Waals surface area (Å²) >= 11 is 0. The number of halogens is 4. The molecular weight excluding hydrogens is 570 g/mol. The second-order valence-electron chi connectivity index (χ2n) is 10.1. The fourth-order valence-electron chi connectivity index (χ4n) is 5.10. The highest BCUT2D eigenvalue weighted by Gasteiger charge is 2.36. The van der Waals surface area contributed by atoms with Crippen LogP contribution in [0.4, 0.5) is 17.6 Å². The number of benzene rings is 2. The summed E-state index contributed by atoms with van der Waals surface area (Å²) in [6.07, 6.45) is -1.39. The Morgan fingerprint density at radius 1 is 1.12 bits per heavy atom. The molecule has 14 heteroatoms. The molecule has 4 aromatic rings. The number of carbonyl (C=O) groups is 1. The molecule has 0 unspecified atom stereocenters. The molecule has 1 aliphatic rings. The predicted molar refractivity (Wildman–Crippen MR) is 147 cm³/mol. The second kappa shape index (κ2) is 12.5. The van der Waals surface area contributed by atoms with Gasteiger partial charge in [0.1, 0.15) is 12.0 Å². The van der Waals surface area contributed by atoms with Crippen LogP contribution < -0.4 is 10.1 Å². The van der Waals surface area contributed by atoms with E-state index in [4.69, 9.17) is 9.47 Å². The Morgan fingerprint density at radius 2 is 1.93 bits per heavy atom. The Bertz CT molecular complexity index is 1620. The van der Waals surface area contributed by atoms with E-state index in [1.807, 2.05) is 0 Å². The average molecular weight is 602 g/mol. The Labute approximate surface area is 245 Å². The maximum atomic E-state index is 15.3. The lowest BCUT2D eigenvalue weighted by atomic mass is 9.97. The van der Waals surface area contributed by atoms with E-state index < -0.39 is 23.7 Å². The number of methoxy groups -OCH3 is 2. The minimum Gasteiger partial charge on any atom is -0.494 e. The maximum absolute atomic E-state index is 15.3. The molecule has 1 N–H and O–H groups in total. The molecule has 0 saturated carbocycles.